The van der Waals surface area contributed by atoms with Crippen molar-refractivity contribution in [2.24, 2.45) is 0 Å². The first-order valence-corrected chi connectivity index (χ1v) is 10.2. The lowest BCUT2D eigenvalue weighted by atomic mass is 10.0. The summed E-state index contributed by atoms with van der Waals surface area (Å²) in [5.41, 5.74) is 5.56. The highest BCUT2D eigenvalue weighted by molar-refractivity contribution is 7.71. The van der Waals surface area contributed by atoms with E-state index in [9.17, 15) is 0 Å². The molecule has 1 aromatic heterocycles. The van der Waals surface area contributed by atoms with Crippen LogP contribution >= 0.6 is 12.2 Å². The number of ether oxygens (including phenoxy) is 2. The number of rotatable bonds is 6. The zero-order valence-electron chi connectivity index (χ0n) is 17.0. The Kier molecular flexibility index (Phi) is 5.96. The first-order chi connectivity index (χ1) is 14.7. The van der Waals surface area contributed by atoms with Crippen molar-refractivity contribution in [1.29, 1.82) is 0 Å². The summed E-state index contributed by atoms with van der Waals surface area (Å²) in [4.78, 5) is 0. The SMILES string of the molecule is COc1ccc(Cn2c(-c3ccccc3)cc(-c3ccccc3)cc2=S)cc1OC. The Balaban J connectivity index is 1.84. The van der Waals surface area contributed by atoms with Crippen molar-refractivity contribution in [3.8, 4) is 33.9 Å². The number of aromatic nitrogens is 1. The maximum Gasteiger partial charge on any atom is 0.161 e. The molecule has 0 saturated carbocycles. The number of hydrogen-bond acceptors (Lipinski definition) is 3. The molecule has 30 heavy (non-hydrogen) atoms. The Bertz CT molecular complexity index is 1200. The molecule has 1 heterocycles. The van der Waals surface area contributed by atoms with Gasteiger partial charge in [-0.25, -0.2) is 0 Å². The van der Waals surface area contributed by atoms with E-state index < -0.39 is 0 Å². The minimum Gasteiger partial charge on any atom is -0.493 e. The summed E-state index contributed by atoms with van der Waals surface area (Å²) in [6, 6.07) is 30.9. The van der Waals surface area contributed by atoms with Crippen molar-refractivity contribution in [2.75, 3.05) is 14.2 Å². The molecule has 0 bridgehead atoms. The minimum absolute atomic E-state index is 0.637. The van der Waals surface area contributed by atoms with Gasteiger partial charge in [-0.1, -0.05) is 78.9 Å². The second-order valence-corrected chi connectivity index (χ2v) is 7.39. The van der Waals surface area contributed by atoms with Crippen LogP contribution in [0.4, 0.5) is 0 Å². The van der Waals surface area contributed by atoms with Crippen LogP contribution < -0.4 is 9.47 Å². The van der Waals surface area contributed by atoms with Crippen molar-refractivity contribution in [3.05, 3.63) is 101 Å². The summed E-state index contributed by atoms with van der Waals surface area (Å²) in [7, 11) is 3.29. The lowest BCUT2D eigenvalue weighted by molar-refractivity contribution is 0.354. The minimum atomic E-state index is 0.637. The Morgan fingerprint density at radius 1 is 0.667 bits per heavy atom. The van der Waals surface area contributed by atoms with Crippen molar-refractivity contribution < 1.29 is 9.47 Å². The zero-order valence-corrected chi connectivity index (χ0v) is 17.9. The first kappa shape index (κ1) is 19.9. The molecule has 0 aliphatic heterocycles. The molecular weight excluding hydrogens is 390 g/mol. The third-order valence-corrected chi connectivity index (χ3v) is 5.43. The third kappa shape index (κ3) is 4.14. The average molecular weight is 414 g/mol. The highest BCUT2D eigenvalue weighted by Gasteiger charge is 2.11. The van der Waals surface area contributed by atoms with Crippen molar-refractivity contribution >= 4 is 12.2 Å². The van der Waals surface area contributed by atoms with Crippen LogP contribution in [0.15, 0.2) is 91.0 Å². The number of methoxy groups -OCH3 is 2. The van der Waals surface area contributed by atoms with Crippen LogP contribution in [0.3, 0.4) is 0 Å². The van der Waals surface area contributed by atoms with Gasteiger partial charge in [0.15, 0.2) is 11.5 Å². The van der Waals surface area contributed by atoms with E-state index in [2.05, 4.69) is 41.0 Å². The van der Waals surface area contributed by atoms with Crippen LogP contribution in [-0.2, 0) is 6.54 Å². The number of benzene rings is 3. The van der Waals surface area contributed by atoms with Gasteiger partial charge in [0.25, 0.3) is 0 Å². The van der Waals surface area contributed by atoms with Gasteiger partial charge >= 0.3 is 0 Å². The van der Waals surface area contributed by atoms with E-state index in [4.69, 9.17) is 21.7 Å². The van der Waals surface area contributed by atoms with E-state index in [0.29, 0.717) is 18.0 Å². The summed E-state index contributed by atoms with van der Waals surface area (Å²) in [6.45, 7) is 0.637. The van der Waals surface area contributed by atoms with Gasteiger partial charge in [-0.05, 0) is 46.5 Å². The lowest BCUT2D eigenvalue weighted by Crippen LogP contribution is -2.07. The third-order valence-electron chi connectivity index (χ3n) is 5.09. The van der Waals surface area contributed by atoms with Crippen LogP contribution in [0, 0.1) is 4.64 Å². The maximum atomic E-state index is 5.84. The molecule has 4 rings (SSSR count). The number of pyridine rings is 1. The molecule has 0 amide bonds. The molecule has 4 heteroatoms. The van der Waals surface area contributed by atoms with Gasteiger partial charge in [0.2, 0.25) is 0 Å². The lowest BCUT2D eigenvalue weighted by Gasteiger charge is -2.18. The molecule has 0 aliphatic rings. The highest BCUT2D eigenvalue weighted by atomic mass is 32.1. The van der Waals surface area contributed by atoms with Gasteiger partial charge in [0.1, 0.15) is 4.64 Å². The topological polar surface area (TPSA) is 23.4 Å². The predicted octanol–water partition coefficient (Wildman–Crippen LogP) is 6.62. The average Bonchev–Trinajstić information content (AvgIpc) is 2.81. The summed E-state index contributed by atoms with van der Waals surface area (Å²) < 4.78 is 13.8. The Hall–Kier alpha value is -3.37. The Morgan fingerprint density at radius 3 is 1.93 bits per heavy atom. The molecule has 0 radical (unpaired) electrons. The van der Waals surface area contributed by atoms with Crippen LogP contribution in [0.1, 0.15) is 5.56 Å². The van der Waals surface area contributed by atoms with Crippen molar-refractivity contribution in [3.63, 3.8) is 0 Å². The fraction of sp³-hybridized carbons (Fsp3) is 0.115. The van der Waals surface area contributed by atoms with E-state index >= 15 is 0 Å². The second-order valence-electron chi connectivity index (χ2n) is 6.98. The standard InChI is InChI=1S/C26H23NO2S/c1-28-24-14-13-19(15-25(24)29-2)18-27-23(21-11-7-4-8-12-21)16-22(17-26(27)30)20-9-5-3-6-10-20/h3-17H,18H2,1-2H3. The number of nitrogens with zero attached hydrogens (tertiary/aromatic N) is 1. The van der Waals surface area contributed by atoms with E-state index in [-0.39, 0.29) is 0 Å². The molecular formula is C26H23NO2S. The normalized spacial score (nSPS) is 10.6. The Labute approximate surface area is 182 Å². The van der Waals surface area contributed by atoms with Gasteiger partial charge in [-0.15, -0.1) is 0 Å². The molecule has 150 valence electrons. The summed E-state index contributed by atoms with van der Waals surface area (Å²) in [5, 5.41) is 0. The smallest absolute Gasteiger partial charge is 0.161 e. The summed E-state index contributed by atoms with van der Waals surface area (Å²) in [6.07, 6.45) is 0. The van der Waals surface area contributed by atoms with Crippen LogP contribution in [0.2, 0.25) is 0 Å². The molecule has 0 atom stereocenters. The highest BCUT2D eigenvalue weighted by Crippen LogP contribution is 2.31. The van der Waals surface area contributed by atoms with E-state index in [1.54, 1.807) is 14.2 Å². The number of hydrogen-bond donors (Lipinski definition) is 0. The molecule has 0 aliphatic carbocycles. The van der Waals surface area contributed by atoms with Gasteiger partial charge in [-0.3, -0.25) is 0 Å². The summed E-state index contributed by atoms with van der Waals surface area (Å²) >= 11 is 5.84. The van der Waals surface area contributed by atoms with E-state index in [1.165, 1.54) is 0 Å². The van der Waals surface area contributed by atoms with Gasteiger partial charge in [0.05, 0.1) is 14.2 Å². The second kappa shape index (κ2) is 8.97. The van der Waals surface area contributed by atoms with Gasteiger partial charge in [-0.2, -0.15) is 0 Å². The van der Waals surface area contributed by atoms with E-state index in [0.717, 1.165) is 32.6 Å². The quantitative estimate of drug-likeness (QED) is 0.332. The predicted molar refractivity (Wildman–Crippen MR) is 125 cm³/mol. The van der Waals surface area contributed by atoms with Crippen molar-refractivity contribution in [1.82, 2.24) is 4.57 Å². The van der Waals surface area contributed by atoms with E-state index in [1.807, 2.05) is 54.6 Å². The van der Waals surface area contributed by atoms with Gasteiger partial charge in [0, 0.05) is 12.2 Å². The van der Waals surface area contributed by atoms with Gasteiger partial charge < -0.3 is 14.0 Å². The maximum absolute atomic E-state index is 5.84. The Morgan fingerprint density at radius 2 is 1.30 bits per heavy atom. The van der Waals surface area contributed by atoms with Crippen LogP contribution in [-0.4, -0.2) is 18.8 Å². The zero-order chi connectivity index (χ0) is 20.9. The molecule has 0 fully saturated rings. The molecule has 0 spiro atoms. The van der Waals surface area contributed by atoms with Crippen LogP contribution in [0.5, 0.6) is 11.5 Å². The molecule has 3 nitrogen and oxygen atoms in total. The fourth-order valence-corrected chi connectivity index (χ4v) is 3.86. The monoisotopic (exact) mass is 413 g/mol. The molecule has 0 N–H and O–H groups in total. The molecule has 0 unspecified atom stereocenters. The fourth-order valence-electron chi connectivity index (χ4n) is 3.57. The first-order valence-electron chi connectivity index (χ1n) is 9.76. The summed E-state index contributed by atoms with van der Waals surface area (Å²) in [5.74, 6) is 1.43. The van der Waals surface area contributed by atoms with Crippen LogP contribution in [0.25, 0.3) is 22.4 Å². The molecule has 0 saturated heterocycles. The molecule has 4 aromatic rings. The van der Waals surface area contributed by atoms with Crippen molar-refractivity contribution in [2.45, 2.75) is 6.54 Å². The largest absolute Gasteiger partial charge is 0.493 e. The molecule has 3 aromatic carbocycles.